The number of aliphatic hydroxyl groups excluding tert-OH is 1. The molecule has 0 aliphatic rings. The molecule has 14 nitrogen and oxygen atoms in total. The van der Waals surface area contributed by atoms with Crippen LogP contribution in [0.4, 0.5) is 0 Å². The van der Waals surface area contributed by atoms with Gasteiger partial charge < -0.3 is 42.6 Å². The van der Waals surface area contributed by atoms with Gasteiger partial charge in [0.1, 0.15) is 18.1 Å². The third-order valence-corrected chi connectivity index (χ3v) is 3.90. The number of carboxylic acids is 1. The van der Waals surface area contributed by atoms with Crippen LogP contribution in [-0.4, -0.2) is 80.6 Å². The van der Waals surface area contributed by atoms with Crippen molar-refractivity contribution in [1.29, 1.82) is 0 Å². The molecule has 166 valence electrons. The van der Waals surface area contributed by atoms with Crippen molar-refractivity contribution in [3.8, 4) is 0 Å². The summed E-state index contributed by atoms with van der Waals surface area (Å²) in [6.45, 7) is 0.760. The summed E-state index contributed by atoms with van der Waals surface area (Å²) in [6, 6.07) is -4.08. The second-order valence-electron chi connectivity index (χ2n) is 6.46. The number of carboxylic acid groups (broad SMARTS) is 1. The quantitative estimate of drug-likeness (QED) is 0.161. The number of aromatic amines is 1. The van der Waals surface area contributed by atoms with Gasteiger partial charge in [0.2, 0.25) is 23.6 Å². The molecule has 0 aliphatic heterocycles. The Balaban J connectivity index is 2.80. The SMILES string of the molecule is CC(O)C(N)C(=O)NCC(=O)NC(Cc1cnc[nH]1)C(=O)NC(CC(N)=O)C(=O)O. The number of carbonyl (C=O) groups is 5. The first-order valence-electron chi connectivity index (χ1n) is 8.80. The number of nitrogens with zero attached hydrogens (tertiary/aromatic N) is 1. The molecule has 0 aliphatic carbocycles. The number of rotatable bonds is 12. The number of amides is 4. The lowest BCUT2D eigenvalue weighted by atomic mass is 10.1. The van der Waals surface area contributed by atoms with Crippen LogP contribution >= 0.6 is 0 Å². The van der Waals surface area contributed by atoms with Gasteiger partial charge >= 0.3 is 5.97 Å². The fraction of sp³-hybridized carbons (Fsp3) is 0.500. The van der Waals surface area contributed by atoms with E-state index in [4.69, 9.17) is 16.6 Å². The predicted octanol–water partition coefficient (Wildman–Crippen LogP) is -4.29. The average Bonchev–Trinajstić information content (AvgIpc) is 3.16. The van der Waals surface area contributed by atoms with E-state index in [-0.39, 0.29) is 6.42 Å². The number of carbonyl (C=O) groups excluding carboxylic acids is 4. The largest absolute Gasteiger partial charge is 0.480 e. The second kappa shape index (κ2) is 11.5. The number of aromatic nitrogens is 2. The number of primary amides is 1. The number of aliphatic carboxylic acids is 1. The predicted molar refractivity (Wildman–Crippen MR) is 100 cm³/mol. The van der Waals surface area contributed by atoms with Crippen LogP contribution in [0, 0.1) is 0 Å². The summed E-state index contributed by atoms with van der Waals surface area (Å²) < 4.78 is 0. The molecule has 0 saturated heterocycles. The molecule has 30 heavy (non-hydrogen) atoms. The van der Waals surface area contributed by atoms with Crippen LogP contribution < -0.4 is 27.4 Å². The van der Waals surface area contributed by atoms with E-state index >= 15 is 0 Å². The third kappa shape index (κ3) is 8.24. The van der Waals surface area contributed by atoms with Crippen LogP contribution in [-0.2, 0) is 30.4 Å². The zero-order valence-electron chi connectivity index (χ0n) is 16.1. The Labute approximate surface area is 170 Å². The molecule has 0 saturated carbocycles. The maximum Gasteiger partial charge on any atom is 0.326 e. The number of imidazole rings is 1. The third-order valence-electron chi connectivity index (χ3n) is 3.90. The summed E-state index contributed by atoms with van der Waals surface area (Å²) in [6.07, 6.45) is 0.885. The lowest BCUT2D eigenvalue weighted by Crippen LogP contribution is -2.55. The Morgan fingerprint density at radius 1 is 1.17 bits per heavy atom. The number of nitrogens with one attached hydrogen (secondary N) is 4. The van der Waals surface area contributed by atoms with Gasteiger partial charge in [-0.3, -0.25) is 19.2 Å². The minimum Gasteiger partial charge on any atom is -0.480 e. The number of H-pyrrole nitrogens is 1. The van der Waals surface area contributed by atoms with Crippen LogP contribution in [0.3, 0.4) is 0 Å². The van der Waals surface area contributed by atoms with Crippen LogP contribution in [0.25, 0.3) is 0 Å². The minimum absolute atomic E-state index is 0.0817. The van der Waals surface area contributed by atoms with Gasteiger partial charge in [0.25, 0.3) is 0 Å². The molecule has 4 atom stereocenters. The Hall–Kier alpha value is -3.52. The van der Waals surface area contributed by atoms with Gasteiger partial charge in [0, 0.05) is 18.3 Å². The first-order chi connectivity index (χ1) is 14.0. The molecule has 1 rings (SSSR count). The Bertz CT molecular complexity index is 766. The van der Waals surface area contributed by atoms with Gasteiger partial charge in [-0.05, 0) is 6.92 Å². The highest BCUT2D eigenvalue weighted by Crippen LogP contribution is 2.01. The molecular formula is C16H25N7O7. The van der Waals surface area contributed by atoms with E-state index in [2.05, 4.69) is 25.9 Å². The van der Waals surface area contributed by atoms with Crippen LogP contribution in [0.2, 0.25) is 0 Å². The minimum atomic E-state index is -1.58. The van der Waals surface area contributed by atoms with Crippen molar-refractivity contribution in [2.75, 3.05) is 6.54 Å². The van der Waals surface area contributed by atoms with Crippen molar-refractivity contribution in [3.63, 3.8) is 0 Å². The first-order valence-corrected chi connectivity index (χ1v) is 8.80. The average molecular weight is 427 g/mol. The van der Waals surface area contributed by atoms with E-state index in [1.165, 1.54) is 19.4 Å². The van der Waals surface area contributed by atoms with Crippen LogP contribution in [0.1, 0.15) is 19.0 Å². The van der Waals surface area contributed by atoms with Crippen molar-refractivity contribution in [3.05, 3.63) is 18.2 Å². The lowest BCUT2D eigenvalue weighted by Gasteiger charge is -2.21. The molecule has 10 N–H and O–H groups in total. The van der Waals surface area contributed by atoms with Gasteiger partial charge in [-0.2, -0.15) is 0 Å². The number of hydrogen-bond donors (Lipinski definition) is 8. The van der Waals surface area contributed by atoms with Crippen molar-refractivity contribution in [2.24, 2.45) is 11.5 Å². The van der Waals surface area contributed by atoms with Gasteiger partial charge in [0.15, 0.2) is 0 Å². The fourth-order valence-corrected chi connectivity index (χ4v) is 2.25. The van der Waals surface area contributed by atoms with E-state index in [0.717, 1.165) is 0 Å². The highest BCUT2D eigenvalue weighted by Gasteiger charge is 2.28. The maximum absolute atomic E-state index is 12.5. The summed E-state index contributed by atoms with van der Waals surface area (Å²) in [5.74, 6) is -4.86. The fourth-order valence-electron chi connectivity index (χ4n) is 2.25. The van der Waals surface area contributed by atoms with E-state index in [9.17, 15) is 29.1 Å². The molecule has 1 heterocycles. The second-order valence-corrected chi connectivity index (χ2v) is 6.46. The standard InChI is InChI=1S/C16H25N7O7/c1-7(24)13(18)15(28)20-5-12(26)22-9(2-8-4-19-6-21-8)14(27)23-10(16(29)30)3-11(17)25/h4,6-7,9-10,13,24H,2-3,5,18H2,1H3,(H2,17,25)(H,19,21)(H,20,28)(H,22,26)(H,23,27)(H,29,30). The maximum atomic E-state index is 12.5. The molecule has 0 aromatic carbocycles. The normalized spacial score (nSPS) is 14.6. The summed E-state index contributed by atoms with van der Waals surface area (Å²) in [4.78, 5) is 65.1. The summed E-state index contributed by atoms with van der Waals surface area (Å²) in [7, 11) is 0. The number of aliphatic hydroxyl groups is 1. The van der Waals surface area contributed by atoms with Crippen LogP contribution in [0.5, 0.6) is 0 Å². The highest BCUT2D eigenvalue weighted by atomic mass is 16.4. The molecule has 14 heteroatoms. The van der Waals surface area contributed by atoms with Gasteiger partial charge in [0.05, 0.1) is 25.4 Å². The lowest BCUT2D eigenvalue weighted by molar-refractivity contribution is -0.143. The number of hydrogen-bond acceptors (Lipinski definition) is 8. The molecule has 1 aromatic rings. The van der Waals surface area contributed by atoms with Crippen LogP contribution in [0.15, 0.2) is 12.5 Å². The van der Waals surface area contributed by atoms with E-state index in [1.54, 1.807) is 0 Å². The molecule has 0 fully saturated rings. The van der Waals surface area contributed by atoms with Crippen molar-refractivity contribution in [1.82, 2.24) is 25.9 Å². The molecule has 1 aromatic heterocycles. The highest BCUT2D eigenvalue weighted by molar-refractivity contribution is 5.93. The van der Waals surface area contributed by atoms with Crippen molar-refractivity contribution >= 4 is 29.6 Å². The smallest absolute Gasteiger partial charge is 0.326 e. The Morgan fingerprint density at radius 2 is 1.83 bits per heavy atom. The molecule has 4 unspecified atom stereocenters. The molecule has 4 amide bonds. The zero-order valence-corrected chi connectivity index (χ0v) is 16.1. The van der Waals surface area contributed by atoms with Crippen molar-refractivity contribution < 1.29 is 34.2 Å². The molecule has 0 radical (unpaired) electrons. The van der Waals surface area contributed by atoms with E-state index in [1.807, 2.05) is 0 Å². The molecule has 0 spiro atoms. The summed E-state index contributed by atoms with van der Waals surface area (Å²) in [5.41, 5.74) is 10.9. The molecular weight excluding hydrogens is 402 g/mol. The summed E-state index contributed by atoms with van der Waals surface area (Å²) >= 11 is 0. The van der Waals surface area contributed by atoms with Gasteiger partial charge in [-0.15, -0.1) is 0 Å². The van der Waals surface area contributed by atoms with Gasteiger partial charge in [-0.1, -0.05) is 0 Å². The molecule has 0 bridgehead atoms. The van der Waals surface area contributed by atoms with E-state index in [0.29, 0.717) is 5.69 Å². The van der Waals surface area contributed by atoms with Crippen molar-refractivity contribution in [2.45, 2.75) is 44.0 Å². The Kier molecular flexibility index (Phi) is 9.38. The topological polar surface area (TPSA) is 243 Å². The van der Waals surface area contributed by atoms with Gasteiger partial charge in [-0.25, -0.2) is 9.78 Å². The monoisotopic (exact) mass is 427 g/mol. The zero-order chi connectivity index (χ0) is 22.8. The number of nitrogens with two attached hydrogens (primary N) is 2. The Morgan fingerprint density at radius 3 is 2.33 bits per heavy atom. The summed E-state index contributed by atoms with van der Waals surface area (Å²) in [5, 5.41) is 25.1. The van der Waals surface area contributed by atoms with E-state index < -0.39 is 66.8 Å². The first kappa shape index (κ1) is 24.5.